The van der Waals surface area contributed by atoms with Gasteiger partial charge in [0.05, 0.1) is 29.1 Å². The number of hydrogen-bond acceptors (Lipinski definition) is 5. The molecule has 114 valence electrons. The highest BCUT2D eigenvalue weighted by Gasteiger charge is 2.46. The molecule has 0 amide bonds. The number of sulfone groups is 1. The Hall–Kier alpha value is -1.21. The van der Waals surface area contributed by atoms with Crippen LogP contribution in [0.2, 0.25) is 0 Å². The summed E-state index contributed by atoms with van der Waals surface area (Å²) in [7, 11) is -3.67. The first-order chi connectivity index (χ1) is 9.95. The van der Waals surface area contributed by atoms with Crippen LogP contribution in [0.5, 0.6) is 0 Å². The Morgan fingerprint density at radius 2 is 1.81 bits per heavy atom. The molecule has 1 saturated heterocycles. The van der Waals surface area contributed by atoms with Crippen molar-refractivity contribution >= 4 is 9.84 Å². The van der Waals surface area contributed by atoms with Crippen molar-refractivity contribution in [1.29, 1.82) is 0 Å². The summed E-state index contributed by atoms with van der Waals surface area (Å²) >= 11 is 0. The molecule has 1 heterocycles. The third-order valence-electron chi connectivity index (χ3n) is 4.02. The first-order valence-electron chi connectivity index (χ1n) is 6.93. The van der Waals surface area contributed by atoms with Crippen LogP contribution in [0.1, 0.15) is 13.3 Å². The predicted molar refractivity (Wildman–Crippen MR) is 76.1 cm³/mol. The molecule has 1 aromatic rings. The number of hydrogen-bond donors (Lipinski definition) is 1. The quantitative estimate of drug-likeness (QED) is 0.896. The summed E-state index contributed by atoms with van der Waals surface area (Å²) in [5.74, 6) is -1.60. The van der Waals surface area contributed by atoms with Crippen molar-refractivity contribution < 1.29 is 23.0 Å². The lowest BCUT2D eigenvalue weighted by molar-refractivity contribution is -0.148. The van der Waals surface area contributed by atoms with E-state index in [2.05, 4.69) is 0 Å². The van der Waals surface area contributed by atoms with Gasteiger partial charge in [-0.1, -0.05) is 25.1 Å². The van der Waals surface area contributed by atoms with Crippen molar-refractivity contribution in [2.24, 2.45) is 5.92 Å². The molecule has 1 fully saturated rings. The zero-order valence-electron chi connectivity index (χ0n) is 11.7. The van der Waals surface area contributed by atoms with E-state index in [9.17, 15) is 13.5 Å². The highest BCUT2D eigenvalue weighted by atomic mass is 32.2. The largest absolute Gasteiger partial charge is 0.392 e. The maximum atomic E-state index is 12.8. The molecule has 0 aromatic heterocycles. The summed E-state index contributed by atoms with van der Waals surface area (Å²) in [5, 5.41) is 10.2. The highest BCUT2D eigenvalue weighted by molar-refractivity contribution is 7.95. The zero-order chi connectivity index (χ0) is 15.1. The lowest BCUT2D eigenvalue weighted by Crippen LogP contribution is -2.42. The van der Waals surface area contributed by atoms with Crippen LogP contribution in [-0.4, -0.2) is 38.6 Å². The second-order valence-corrected chi connectivity index (χ2v) is 7.38. The maximum absolute atomic E-state index is 12.8. The normalized spacial score (nSPS) is 28.6. The molecule has 0 unspecified atom stereocenters. The minimum absolute atomic E-state index is 0.161. The highest BCUT2D eigenvalue weighted by Crippen LogP contribution is 2.40. The van der Waals surface area contributed by atoms with Gasteiger partial charge >= 0.3 is 0 Å². The van der Waals surface area contributed by atoms with Gasteiger partial charge in [0.25, 0.3) is 0 Å². The Bertz CT molecular complexity index is 644. The molecule has 6 heteroatoms. The summed E-state index contributed by atoms with van der Waals surface area (Å²) in [6.45, 7) is 2.51. The SMILES string of the molecule is C[C@@H]1C(S(=O)(=O)c2ccccc2)=CC2(C[C@@H]1O)OCCO2. The molecule has 1 aliphatic heterocycles. The van der Waals surface area contributed by atoms with Gasteiger partial charge in [-0.15, -0.1) is 0 Å². The molecule has 1 N–H and O–H groups in total. The first kappa shape index (κ1) is 14.7. The van der Waals surface area contributed by atoms with E-state index in [4.69, 9.17) is 9.47 Å². The van der Waals surface area contributed by atoms with E-state index in [0.717, 1.165) is 0 Å². The second-order valence-electron chi connectivity index (χ2n) is 5.43. The Labute approximate surface area is 124 Å². The fourth-order valence-electron chi connectivity index (χ4n) is 2.79. The topological polar surface area (TPSA) is 72.8 Å². The standard InChI is InChI=1S/C15H18O5S/c1-11-13(16)9-15(19-7-8-20-15)10-14(11)21(17,18)12-5-3-2-4-6-12/h2-6,10-11,13,16H,7-9H2,1H3/t11-,13-/m0/s1. The Kier molecular flexibility index (Phi) is 3.65. The van der Waals surface area contributed by atoms with Crippen molar-refractivity contribution in [3.05, 3.63) is 41.3 Å². The second kappa shape index (κ2) is 5.21. The minimum Gasteiger partial charge on any atom is -0.392 e. The monoisotopic (exact) mass is 310 g/mol. The number of benzene rings is 1. The van der Waals surface area contributed by atoms with Crippen LogP contribution < -0.4 is 0 Å². The molecule has 5 nitrogen and oxygen atoms in total. The number of aliphatic hydroxyl groups is 1. The summed E-state index contributed by atoms with van der Waals surface area (Å²) in [5.41, 5.74) is 0. The van der Waals surface area contributed by atoms with E-state index in [1.807, 2.05) is 0 Å². The van der Waals surface area contributed by atoms with Crippen LogP contribution in [-0.2, 0) is 19.3 Å². The van der Waals surface area contributed by atoms with Gasteiger partial charge in [0.15, 0.2) is 5.79 Å². The third-order valence-corrected chi connectivity index (χ3v) is 6.02. The maximum Gasteiger partial charge on any atom is 0.203 e. The van der Waals surface area contributed by atoms with E-state index in [0.29, 0.717) is 13.2 Å². The van der Waals surface area contributed by atoms with Crippen molar-refractivity contribution in [2.45, 2.75) is 30.1 Å². The molecule has 0 saturated carbocycles. The van der Waals surface area contributed by atoms with Gasteiger partial charge in [0, 0.05) is 12.3 Å². The Morgan fingerprint density at radius 3 is 2.43 bits per heavy atom. The van der Waals surface area contributed by atoms with Gasteiger partial charge in [-0.25, -0.2) is 8.42 Å². The first-order valence-corrected chi connectivity index (χ1v) is 8.42. The van der Waals surface area contributed by atoms with Crippen molar-refractivity contribution in [3.63, 3.8) is 0 Å². The Balaban J connectivity index is 2.08. The van der Waals surface area contributed by atoms with E-state index >= 15 is 0 Å². The van der Waals surface area contributed by atoms with Crippen LogP contribution in [0.3, 0.4) is 0 Å². The molecule has 1 aliphatic carbocycles. The smallest absolute Gasteiger partial charge is 0.203 e. The van der Waals surface area contributed by atoms with E-state index < -0.39 is 27.6 Å². The van der Waals surface area contributed by atoms with Gasteiger partial charge in [-0.2, -0.15) is 0 Å². The van der Waals surface area contributed by atoms with Crippen molar-refractivity contribution in [3.8, 4) is 0 Å². The van der Waals surface area contributed by atoms with Crippen molar-refractivity contribution in [2.75, 3.05) is 13.2 Å². The van der Waals surface area contributed by atoms with Gasteiger partial charge in [-0.3, -0.25) is 0 Å². The fraction of sp³-hybridized carbons (Fsp3) is 0.467. The molecule has 3 rings (SSSR count). The third kappa shape index (κ3) is 2.53. The molecule has 2 aliphatic rings. The predicted octanol–water partition coefficient (Wildman–Crippen LogP) is 1.49. The molecule has 0 radical (unpaired) electrons. The number of aliphatic hydroxyl groups excluding tert-OH is 1. The molecule has 0 bridgehead atoms. The van der Waals surface area contributed by atoms with Gasteiger partial charge in [0.1, 0.15) is 0 Å². The van der Waals surface area contributed by atoms with Crippen molar-refractivity contribution in [1.82, 2.24) is 0 Å². The summed E-state index contributed by atoms with van der Waals surface area (Å²) < 4.78 is 36.7. The lowest BCUT2D eigenvalue weighted by Gasteiger charge is -2.35. The van der Waals surface area contributed by atoms with Crippen LogP contribution in [0.4, 0.5) is 0 Å². The molecule has 21 heavy (non-hydrogen) atoms. The summed E-state index contributed by atoms with van der Waals surface area (Å²) in [6.07, 6.45) is 0.961. The Morgan fingerprint density at radius 1 is 1.19 bits per heavy atom. The van der Waals surface area contributed by atoms with Gasteiger partial charge in [-0.05, 0) is 18.2 Å². The molecule has 1 aromatic carbocycles. The summed E-state index contributed by atoms with van der Waals surface area (Å²) in [6, 6.07) is 8.21. The van der Waals surface area contributed by atoms with Gasteiger partial charge in [0.2, 0.25) is 9.84 Å². The van der Waals surface area contributed by atoms with E-state index in [1.54, 1.807) is 37.3 Å². The molecule has 2 atom stereocenters. The molecule has 1 spiro atoms. The fourth-order valence-corrected chi connectivity index (χ4v) is 4.56. The van der Waals surface area contributed by atoms with Gasteiger partial charge < -0.3 is 14.6 Å². The lowest BCUT2D eigenvalue weighted by atomic mass is 9.90. The van der Waals surface area contributed by atoms with Crippen LogP contribution >= 0.6 is 0 Å². The van der Waals surface area contributed by atoms with Crippen LogP contribution in [0.25, 0.3) is 0 Å². The number of rotatable bonds is 2. The number of ether oxygens (including phenoxy) is 2. The van der Waals surface area contributed by atoms with Crippen LogP contribution in [0, 0.1) is 5.92 Å². The minimum atomic E-state index is -3.67. The van der Waals surface area contributed by atoms with E-state index in [-0.39, 0.29) is 16.2 Å². The zero-order valence-corrected chi connectivity index (χ0v) is 12.5. The molecular formula is C15H18O5S. The average Bonchev–Trinajstić information content (AvgIpc) is 2.92. The van der Waals surface area contributed by atoms with E-state index in [1.165, 1.54) is 6.08 Å². The summed E-state index contributed by atoms with van der Waals surface area (Å²) in [4.78, 5) is 0.375. The van der Waals surface area contributed by atoms with Crippen LogP contribution in [0.15, 0.2) is 46.2 Å². The average molecular weight is 310 g/mol. The molecular weight excluding hydrogens is 292 g/mol.